The van der Waals surface area contributed by atoms with Gasteiger partial charge in [-0.1, -0.05) is 42.1 Å². The van der Waals surface area contributed by atoms with Crippen LogP contribution in [0, 0.1) is 0 Å². The highest BCUT2D eigenvalue weighted by atomic mass is 32.2. The molecule has 0 spiro atoms. The first-order valence-electron chi connectivity index (χ1n) is 9.61. The number of benzene rings is 2. The molecular weight excluding hydrogens is 428 g/mol. The minimum Gasteiger partial charge on any atom is -0.335 e. The van der Waals surface area contributed by atoms with Crippen LogP contribution in [0.4, 0.5) is 11.4 Å². The number of H-pyrrole nitrogens is 1. The summed E-state index contributed by atoms with van der Waals surface area (Å²) in [7, 11) is 0. The van der Waals surface area contributed by atoms with E-state index in [2.05, 4.69) is 31.0 Å². The molecule has 2 heterocycles. The van der Waals surface area contributed by atoms with Crippen molar-refractivity contribution in [1.82, 2.24) is 25.1 Å². The lowest BCUT2D eigenvalue weighted by Gasteiger charge is -2.07. The molecule has 0 aliphatic heterocycles. The Balaban J connectivity index is 1.36. The summed E-state index contributed by atoms with van der Waals surface area (Å²) in [5, 5.41) is 21.3. The van der Waals surface area contributed by atoms with Crippen LogP contribution in [-0.4, -0.2) is 42.6 Å². The third kappa shape index (κ3) is 4.95. The number of nitrogens with zero attached hydrogens (tertiary/aromatic N) is 4. The quantitative estimate of drug-likeness (QED) is 0.251. The van der Waals surface area contributed by atoms with Crippen LogP contribution in [0.3, 0.4) is 0 Å². The number of rotatable bonds is 7. The van der Waals surface area contributed by atoms with E-state index in [1.165, 1.54) is 23.4 Å². The molecule has 2 aromatic heterocycles. The standard InChI is InChI=1S/C21H20N8O2S/c1-13(30)23-15-7-9-16(10-8-15)24-19(31)12-32-21-28-27-20(29(21)22)18-11-17(25-26-18)14-5-3-2-4-6-14/h2-11H,12,22H2,1H3,(H,23,30)(H,24,31)(H,25,26). The third-order valence-corrected chi connectivity index (χ3v) is 5.32. The van der Waals surface area contributed by atoms with Crippen LogP contribution in [0.5, 0.6) is 0 Å². The van der Waals surface area contributed by atoms with Gasteiger partial charge in [-0.2, -0.15) is 5.10 Å². The molecule has 0 fully saturated rings. The Morgan fingerprint density at radius 2 is 1.72 bits per heavy atom. The number of nitrogens with two attached hydrogens (primary N) is 1. The predicted octanol–water partition coefficient (Wildman–Crippen LogP) is 2.74. The van der Waals surface area contributed by atoms with Crippen LogP contribution in [0.2, 0.25) is 0 Å². The number of nitrogens with one attached hydrogen (secondary N) is 3. The topological polar surface area (TPSA) is 144 Å². The average Bonchev–Trinajstić information content (AvgIpc) is 3.41. The molecule has 0 unspecified atom stereocenters. The Kier molecular flexibility index (Phi) is 6.17. The van der Waals surface area contributed by atoms with E-state index in [1.54, 1.807) is 24.3 Å². The maximum Gasteiger partial charge on any atom is 0.234 e. The second kappa shape index (κ2) is 9.35. The van der Waals surface area contributed by atoms with Gasteiger partial charge < -0.3 is 16.5 Å². The van der Waals surface area contributed by atoms with E-state index in [-0.39, 0.29) is 17.6 Å². The normalized spacial score (nSPS) is 10.7. The van der Waals surface area contributed by atoms with Crippen LogP contribution >= 0.6 is 11.8 Å². The summed E-state index contributed by atoms with van der Waals surface area (Å²) in [6.45, 7) is 1.43. The van der Waals surface area contributed by atoms with Crippen LogP contribution in [0.1, 0.15) is 6.92 Å². The SMILES string of the molecule is CC(=O)Nc1ccc(NC(=O)CSc2nnc(-c3cc(-c4ccccc4)n[nH]3)n2N)cc1. The maximum absolute atomic E-state index is 12.3. The average molecular weight is 449 g/mol. The Morgan fingerprint density at radius 1 is 1.03 bits per heavy atom. The van der Waals surface area contributed by atoms with E-state index in [0.717, 1.165) is 11.3 Å². The monoisotopic (exact) mass is 448 g/mol. The van der Waals surface area contributed by atoms with Crippen molar-refractivity contribution in [3.05, 3.63) is 60.7 Å². The third-order valence-electron chi connectivity index (χ3n) is 4.37. The fourth-order valence-corrected chi connectivity index (χ4v) is 3.58. The Morgan fingerprint density at radius 3 is 2.41 bits per heavy atom. The number of carbonyl (C=O) groups is 2. The Labute approximate surface area is 187 Å². The molecule has 162 valence electrons. The number of aromatic amines is 1. The van der Waals surface area contributed by atoms with E-state index in [4.69, 9.17) is 5.84 Å². The number of hydrogen-bond acceptors (Lipinski definition) is 7. The van der Waals surface area contributed by atoms with Crippen molar-refractivity contribution in [3.8, 4) is 22.8 Å². The summed E-state index contributed by atoms with van der Waals surface area (Å²) in [6, 6.07) is 18.4. The van der Waals surface area contributed by atoms with Crippen molar-refractivity contribution in [1.29, 1.82) is 0 Å². The Hall–Kier alpha value is -4.12. The van der Waals surface area contributed by atoms with Gasteiger partial charge in [0.15, 0.2) is 0 Å². The number of thioether (sulfide) groups is 1. The summed E-state index contributed by atoms with van der Waals surface area (Å²) < 4.78 is 1.32. The zero-order valence-electron chi connectivity index (χ0n) is 17.1. The van der Waals surface area contributed by atoms with E-state index < -0.39 is 0 Å². The second-order valence-corrected chi connectivity index (χ2v) is 7.75. The molecule has 10 nitrogen and oxygen atoms in total. The molecule has 0 bridgehead atoms. The Bertz CT molecular complexity index is 1230. The lowest BCUT2D eigenvalue weighted by molar-refractivity contribution is -0.114. The van der Waals surface area contributed by atoms with Crippen LogP contribution in [-0.2, 0) is 9.59 Å². The molecule has 0 aliphatic rings. The summed E-state index contributed by atoms with van der Waals surface area (Å²) in [6.07, 6.45) is 0. The largest absolute Gasteiger partial charge is 0.335 e. The first kappa shape index (κ1) is 21.1. The van der Waals surface area contributed by atoms with Gasteiger partial charge in [0.25, 0.3) is 0 Å². The molecule has 2 amide bonds. The van der Waals surface area contributed by atoms with Crippen LogP contribution < -0.4 is 16.5 Å². The number of nitrogen functional groups attached to an aromatic ring is 1. The number of carbonyl (C=O) groups excluding carboxylic acids is 2. The minimum absolute atomic E-state index is 0.0982. The molecule has 0 saturated carbocycles. The van der Waals surface area contributed by atoms with Crippen molar-refractivity contribution >= 4 is 35.0 Å². The molecule has 0 aliphatic carbocycles. The molecule has 2 aromatic carbocycles. The zero-order valence-corrected chi connectivity index (χ0v) is 17.9. The molecular formula is C21H20N8O2S. The van der Waals surface area contributed by atoms with Gasteiger partial charge >= 0.3 is 0 Å². The van der Waals surface area contributed by atoms with Gasteiger partial charge in [0.05, 0.1) is 11.4 Å². The second-order valence-electron chi connectivity index (χ2n) is 6.80. The van der Waals surface area contributed by atoms with E-state index in [1.807, 2.05) is 36.4 Å². The van der Waals surface area contributed by atoms with Gasteiger partial charge in [-0.25, -0.2) is 4.68 Å². The number of aromatic nitrogens is 5. The fraction of sp³-hybridized carbons (Fsp3) is 0.0952. The summed E-state index contributed by atoms with van der Waals surface area (Å²) in [5.74, 6) is 6.27. The number of amides is 2. The molecule has 11 heteroatoms. The van der Waals surface area contributed by atoms with Crippen molar-refractivity contribution in [2.24, 2.45) is 0 Å². The van der Waals surface area contributed by atoms with Gasteiger partial charge in [-0.3, -0.25) is 14.7 Å². The first-order chi connectivity index (χ1) is 15.5. The lowest BCUT2D eigenvalue weighted by atomic mass is 10.1. The number of anilines is 2. The lowest BCUT2D eigenvalue weighted by Crippen LogP contribution is -2.16. The molecule has 32 heavy (non-hydrogen) atoms. The van der Waals surface area contributed by atoms with Gasteiger partial charge in [0.1, 0.15) is 5.69 Å². The van der Waals surface area contributed by atoms with E-state index >= 15 is 0 Å². The highest BCUT2D eigenvalue weighted by Gasteiger charge is 2.16. The van der Waals surface area contributed by atoms with E-state index in [9.17, 15) is 9.59 Å². The highest BCUT2D eigenvalue weighted by molar-refractivity contribution is 7.99. The summed E-state index contributed by atoms with van der Waals surface area (Å²) >= 11 is 1.17. The fourth-order valence-electron chi connectivity index (χ4n) is 2.92. The van der Waals surface area contributed by atoms with Gasteiger partial charge in [0, 0.05) is 23.9 Å². The van der Waals surface area contributed by atoms with Gasteiger partial charge in [-0.15, -0.1) is 10.2 Å². The summed E-state index contributed by atoms with van der Waals surface area (Å²) in [4.78, 5) is 23.4. The summed E-state index contributed by atoms with van der Waals surface area (Å²) in [5.41, 5.74) is 3.62. The molecule has 5 N–H and O–H groups in total. The zero-order chi connectivity index (χ0) is 22.5. The molecule has 4 aromatic rings. The van der Waals surface area contributed by atoms with Crippen molar-refractivity contribution in [2.75, 3.05) is 22.2 Å². The van der Waals surface area contributed by atoms with Crippen molar-refractivity contribution in [2.45, 2.75) is 12.1 Å². The molecule has 0 saturated heterocycles. The smallest absolute Gasteiger partial charge is 0.234 e. The van der Waals surface area contributed by atoms with Gasteiger partial charge in [0.2, 0.25) is 22.8 Å². The van der Waals surface area contributed by atoms with Crippen LogP contribution in [0.25, 0.3) is 22.8 Å². The van der Waals surface area contributed by atoms with Gasteiger partial charge in [-0.05, 0) is 30.3 Å². The van der Waals surface area contributed by atoms with Crippen molar-refractivity contribution < 1.29 is 9.59 Å². The maximum atomic E-state index is 12.3. The molecule has 0 atom stereocenters. The number of hydrogen-bond donors (Lipinski definition) is 4. The highest BCUT2D eigenvalue weighted by Crippen LogP contribution is 2.24. The van der Waals surface area contributed by atoms with Crippen LogP contribution in [0.15, 0.2) is 65.8 Å². The first-order valence-corrected chi connectivity index (χ1v) is 10.6. The molecule has 0 radical (unpaired) electrons. The molecule has 4 rings (SSSR count). The van der Waals surface area contributed by atoms with E-state index in [0.29, 0.717) is 28.0 Å². The minimum atomic E-state index is -0.222. The predicted molar refractivity (Wildman–Crippen MR) is 123 cm³/mol. The van der Waals surface area contributed by atoms with Crippen molar-refractivity contribution in [3.63, 3.8) is 0 Å².